The Morgan fingerprint density at radius 3 is 2.64 bits per heavy atom. The average Bonchev–Trinajstić information content (AvgIpc) is 2.07. The van der Waals surface area contributed by atoms with E-state index in [1.54, 1.807) is 0 Å². The molecule has 1 heterocycles. The fraction of sp³-hybridized carbons (Fsp3) is 0.143. The third-order valence-corrected chi connectivity index (χ3v) is 1.23. The Morgan fingerprint density at radius 2 is 2.14 bits per heavy atom. The molecule has 1 aromatic heterocycles. The zero-order chi connectivity index (χ0) is 10.7. The molecule has 1 N–H and O–H groups in total. The van der Waals surface area contributed by atoms with E-state index in [9.17, 15) is 18.0 Å². The van der Waals surface area contributed by atoms with Gasteiger partial charge in [0, 0.05) is 0 Å². The van der Waals surface area contributed by atoms with E-state index in [0.29, 0.717) is 6.07 Å². The minimum atomic E-state index is -3.25. The normalized spacial score (nSPS) is 10.3. The van der Waals surface area contributed by atoms with Crippen molar-refractivity contribution in [3.8, 4) is 5.88 Å². The highest BCUT2D eigenvalue weighted by Crippen LogP contribution is 2.16. The highest BCUT2D eigenvalue weighted by Gasteiger charge is 2.14. The summed E-state index contributed by atoms with van der Waals surface area (Å²) in [5.74, 6) is -3.63. The lowest BCUT2D eigenvalue weighted by Gasteiger charge is -2.04. The topological polar surface area (TPSA) is 59.4 Å². The number of alkyl halides is 2. The summed E-state index contributed by atoms with van der Waals surface area (Å²) in [5.41, 5.74) is -0.568. The first-order chi connectivity index (χ1) is 6.50. The molecule has 0 amide bonds. The van der Waals surface area contributed by atoms with Gasteiger partial charge in [-0.15, -0.1) is 0 Å². The van der Waals surface area contributed by atoms with Crippen LogP contribution >= 0.6 is 0 Å². The number of carbonyl (C=O) groups is 1. The van der Waals surface area contributed by atoms with Crippen molar-refractivity contribution in [2.24, 2.45) is 0 Å². The largest absolute Gasteiger partial charge is 0.477 e. The number of aromatic nitrogens is 1. The molecule has 1 rings (SSSR count). The van der Waals surface area contributed by atoms with Gasteiger partial charge in [-0.2, -0.15) is 8.78 Å². The maximum absolute atomic E-state index is 12.7. The van der Waals surface area contributed by atoms with Crippen molar-refractivity contribution >= 4 is 5.97 Å². The standard InChI is InChI=1S/C7H4F3NO3/c8-3-1-2-4(6(12)13)11-5(3)14-7(9)10/h1-2,7H,(H,12,13). The van der Waals surface area contributed by atoms with Gasteiger partial charge in [0.05, 0.1) is 0 Å². The average molecular weight is 207 g/mol. The van der Waals surface area contributed by atoms with Crippen molar-refractivity contribution in [1.29, 1.82) is 0 Å². The molecule has 0 unspecified atom stereocenters. The molecule has 0 saturated carbocycles. The molecule has 0 aromatic carbocycles. The molecule has 0 fully saturated rings. The lowest BCUT2D eigenvalue weighted by Crippen LogP contribution is -2.08. The number of hydrogen-bond donors (Lipinski definition) is 1. The lowest BCUT2D eigenvalue weighted by molar-refractivity contribution is -0.0555. The molecule has 4 nitrogen and oxygen atoms in total. The first-order valence-electron chi connectivity index (χ1n) is 3.35. The number of pyridine rings is 1. The minimum Gasteiger partial charge on any atom is -0.477 e. The Hall–Kier alpha value is -1.79. The SMILES string of the molecule is O=C(O)c1ccc(F)c(OC(F)F)n1. The molecule has 0 saturated heterocycles. The summed E-state index contributed by atoms with van der Waals surface area (Å²) < 4.78 is 39.6. The number of halogens is 3. The first-order valence-corrected chi connectivity index (χ1v) is 3.35. The van der Waals surface area contributed by atoms with Crippen molar-refractivity contribution in [3.63, 3.8) is 0 Å². The van der Waals surface area contributed by atoms with Gasteiger partial charge in [-0.25, -0.2) is 14.2 Å². The van der Waals surface area contributed by atoms with Crippen LogP contribution in [0.25, 0.3) is 0 Å². The van der Waals surface area contributed by atoms with Crippen molar-refractivity contribution < 1.29 is 27.8 Å². The monoisotopic (exact) mass is 207 g/mol. The number of aromatic carboxylic acids is 1. The second-order valence-corrected chi connectivity index (χ2v) is 2.17. The molecule has 14 heavy (non-hydrogen) atoms. The quantitative estimate of drug-likeness (QED) is 0.816. The van der Waals surface area contributed by atoms with Crippen molar-refractivity contribution in [2.45, 2.75) is 6.61 Å². The van der Waals surface area contributed by atoms with Gasteiger partial charge in [0.15, 0.2) is 11.5 Å². The highest BCUT2D eigenvalue weighted by atomic mass is 19.3. The number of rotatable bonds is 3. The summed E-state index contributed by atoms with van der Waals surface area (Å²) in [4.78, 5) is 13.4. The van der Waals surface area contributed by atoms with Crippen LogP contribution in [0.5, 0.6) is 5.88 Å². The molecule has 7 heteroatoms. The number of carboxylic acid groups (broad SMARTS) is 1. The summed E-state index contributed by atoms with van der Waals surface area (Å²) in [6.07, 6.45) is 0. The van der Waals surface area contributed by atoms with Gasteiger partial charge in [-0.1, -0.05) is 0 Å². The Balaban J connectivity index is 3.02. The van der Waals surface area contributed by atoms with Crippen LogP contribution < -0.4 is 4.74 Å². The predicted molar refractivity (Wildman–Crippen MR) is 37.8 cm³/mol. The van der Waals surface area contributed by atoms with Crippen LogP contribution in [0, 0.1) is 5.82 Å². The molecule has 0 bridgehead atoms. The molecule has 0 atom stereocenters. The predicted octanol–water partition coefficient (Wildman–Crippen LogP) is 1.52. The van der Waals surface area contributed by atoms with Crippen LogP contribution in [-0.4, -0.2) is 22.7 Å². The van der Waals surface area contributed by atoms with E-state index in [0.717, 1.165) is 6.07 Å². The number of ether oxygens (including phenoxy) is 1. The number of hydrogen-bond acceptors (Lipinski definition) is 3. The van der Waals surface area contributed by atoms with Crippen molar-refractivity contribution in [2.75, 3.05) is 0 Å². The van der Waals surface area contributed by atoms with Gasteiger partial charge < -0.3 is 9.84 Å². The van der Waals surface area contributed by atoms with E-state index in [1.165, 1.54) is 0 Å². The van der Waals surface area contributed by atoms with Crippen LogP contribution in [0.1, 0.15) is 10.5 Å². The zero-order valence-corrected chi connectivity index (χ0v) is 6.58. The summed E-state index contributed by atoms with van der Waals surface area (Å²) in [7, 11) is 0. The molecule has 0 aliphatic rings. The Bertz CT molecular complexity index is 356. The van der Waals surface area contributed by atoms with E-state index in [-0.39, 0.29) is 0 Å². The van der Waals surface area contributed by atoms with Crippen LogP contribution in [0.4, 0.5) is 13.2 Å². The van der Waals surface area contributed by atoms with E-state index in [4.69, 9.17) is 5.11 Å². The highest BCUT2D eigenvalue weighted by molar-refractivity contribution is 5.85. The molecular weight excluding hydrogens is 203 g/mol. The molecule has 1 aromatic rings. The van der Waals surface area contributed by atoms with Gasteiger partial charge in [0.1, 0.15) is 0 Å². The van der Waals surface area contributed by atoms with Crippen molar-refractivity contribution in [3.05, 3.63) is 23.6 Å². The van der Waals surface area contributed by atoms with Crippen LogP contribution in [0.2, 0.25) is 0 Å². The fourth-order valence-corrected chi connectivity index (χ4v) is 0.710. The summed E-state index contributed by atoms with van der Waals surface area (Å²) in [6.45, 7) is -3.25. The molecule has 0 radical (unpaired) electrons. The van der Waals surface area contributed by atoms with Crippen LogP contribution in [0.15, 0.2) is 12.1 Å². The lowest BCUT2D eigenvalue weighted by atomic mass is 10.3. The molecule has 0 spiro atoms. The van der Waals surface area contributed by atoms with Gasteiger partial charge in [-0.05, 0) is 12.1 Å². The zero-order valence-electron chi connectivity index (χ0n) is 6.58. The van der Waals surface area contributed by atoms with Crippen LogP contribution in [0.3, 0.4) is 0 Å². The Labute approximate surface area is 75.9 Å². The molecular formula is C7H4F3NO3. The minimum absolute atomic E-state index is 0.568. The van der Waals surface area contributed by atoms with E-state index < -0.39 is 30.0 Å². The Kier molecular flexibility index (Phi) is 2.90. The number of nitrogens with zero attached hydrogens (tertiary/aromatic N) is 1. The first kappa shape index (κ1) is 10.3. The fourth-order valence-electron chi connectivity index (χ4n) is 0.710. The van der Waals surface area contributed by atoms with Gasteiger partial charge in [0.2, 0.25) is 0 Å². The second-order valence-electron chi connectivity index (χ2n) is 2.17. The van der Waals surface area contributed by atoms with E-state index >= 15 is 0 Å². The van der Waals surface area contributed by atoms with Crippen LogP contribution in [-0.2, 0) is 0 Å². The Morgan fingerprint density at radius 1 is 1.50 bits per heavy atom. The third kappa shape index (κ3) is 2.35. The summed E-state index contributed by atoms with van der Waals surface area (Å²) in [5, 5.41) is 8.41. The molecule has 76 valence electrons. The second kappa shape index (κ2) is 3.95. The third-order valence-electron chi connectivity index (χ3n) is 1.23. The number of carboxylic acids is 1. The van der Waals surface area contributed by atoms with Gasteiger partial charge in [0.25, 0.3) is 5.88 Å². The van der Waals surface area contributed by atoms with Gasteiger partial charge in [-0.3, -0.25) is 0 Å². The smallest absolute Gasteiger partial charge is 0.388 e. The van der Waals surface area contributed by atoms with Crippen molar-refractivity contribution in [1.82, 2.24) is 4.98 Å². The summed E-state index contributed by atoms with van der Waals surface area (Å²) >= 11 is 0. The molecule has 0 aliphatic heterocycles. The maximum atomic E-state index is 12.7. The summed E-state index contributed by atoms with van der Waals surface area (Å²) in [6, 6.07) is 1.53. The molecule has 0 aliphatic carbocycles. The van der Waals surface area contributed by atoms with E-state index in [1.807, 2.05) is 0 Å². The van der Waals surface area contributed by atoms with Gasteiger partial charge >= 0.3 is 12.6 Å². The van der Waals surface area contributed by atoms with E-state index in [2.05, 4.69) is 9.72 Å². The maximum Gasteiger partial charge on any atom is 0.388 e.